The molecule has 0 atom stereocenters. The summed E-state index contributed by atoms with van der Waals surface area (Å²) in [4.78, 5) is 0. The van der Waals surface area contributed by atoms with E-state index in [1.165, 1.54) is 0 Å². The molecule has 48 heavy (non-hydrogen) atoms. The van der Waals surface area contributed by atoms with Crippen LogP contribution in [0.2, 0.25) is 0 Å². The van der Waals surface area contributed by atoms with E-state index in [9.17, 15) is 10.5 Å². The molecule has 4 nitrogen and oxygen atoms in total. The van der Waals surface area contributed by atoms with E-state index in [0.29, 0.717) is 11.1 Å². The molecule has 2 heterocycles. The zero-order chi connectivity index (χ0) is 32.2. The number of fused-ring (bicyclic) bond motifs is 6. The first-order valence-corrected chi connectivity index (χ1v) is 15.7. The van der Waals surface area contributed by atoms with Gasteiger partial charge in [0.2, 0.25) is 0 Å². The van der Waals surface area contributed by atoms with Gasteiger partial charge in [0.1, 0.15) is 22.3 Å². The van der Waals surface area contributed by atoms with Gasteiger partial charge in [-0.25, -0.2) is 0 Å². The Labute approximate surface area is 275 Å². The maximum atomic E-state index is 10.3. The number of furan rings is 2. The molecule has 9 aromatic rings. The van der Waals surface area contributed by atoms with Crippen LogP contribution < -0.4 is 0 Å². The molecule has 0 amide bonds. The molecule has 0 saturated carbocycles. The number of nitriles is 2. The molecule has 0 saturated heterocycles. The van der Waals surface area contributed by atoms with Crippen molar-refractivity contribution in [1.29, 1.82) is 10.5 Å². The number of benzene rings is 7. The van der Waals surface area contributed by atoms with E-state index in [1.54, 1.807) is 0 Å². The molecule has 0 N–H and O–H groups in total. The quantitative estimate of drug-likeness (QED) is 0.198. The number of rotatable bonds is 4. The predicted octanol–water partition coefficient (Wildman–Crippen LogP) is 11.9. The van der Waals surface area contributed by atoms with Crippen molar-refractivity contribution < 1.29 is 8.83 Å². The van der Waals surface area contributed by atoms with Crippen LogP contribution in [0.3, 0.4) is 0 Å². The molecule has 9 rings (SSSR count). The highest BCUT2D eigenvalue weighted by molar-refractivity contribution is 6.11. The first-order valence-electron chi connectivity index (χ1n) is 15.7. The van der Waals surface area contributed by atoms with Crippen molar-refractivity contribution in [2.75, 3.05) is 0 Å². The van der Waals surface area contributed by atoms with Crippen molar-refractivity contribution in [2.45, 2.75) is 0 Å². The van der Waals surface area contributed by atoms with Crippen molar-refractivity contribution in [1.82, 2.24) is 0 Å². The van der Waals surface area contributed by atoms with Crippen LogP contribution in [-0.4, -0.2) is 0 Å². The molecule has 0 bridgehead atoms. The van der Waals surface area contributed by atoms with E-state index in [1.807, 2.05) is 103 Å². The molecule has 0 fully saturated rings. The summed E-state index contributed by atoms with van der Waals surface area (Å²) in [6, 6.07) is 53.2. The Morgan fingerprint density at radius 2 is 0.771 bits per heavy atom. The molecular weight excluding hydrogens is 588 g/mol. The molecule has 0 aliphatic heterocycles. The van der Waals surface area contributed by atoms with Gasteiger partial charge in [-0.2, -0.15) is 10.5 Å². The number of hydrogen-bond donors (Lipinski definition) is 0. The topological polar surface area (TPSA) is 73.9 Å². The lowest BCUT2D eigenvalue weighted by atomic mass is 9.92. The monoisotopic (exact) mass is 612 g/mol. The summed E-state index contributed by atoms with van der Waals surface area (Å²) < 4.78 is 12.5. The van der Waals surface area contributed by atoms with Crippen LogP contribution in [0.25, 0.3) is 88.4 Å². The lowest BCUT2D eigenvalue weighted by Gasteiger charge is -2.11. The third-order valence-electron chi connectivity index (χ3n) is 9.20. The van der Waals surface area contributed by atoms with Gasteiger partial charge in [-0.15, -0.1) is 0 Å². The Balaban J connectivity index is 1.09. The van der Waals surface area contributed by atoms with Gasteiger partial charge in [0.25, 0.3) is 0 Å². The van der Waals surface area contributed by atoms with Crippen LogP contribution in [0.15, 0.2) is 154 Å². The third kappa shape index (κ3) is 4.29. The molecule has 7 aromatic carbocycles. The van der Waals surface area contributed by atoms with Gasteiger partial charge in [-0.3, -0.25) is 0 Å². The number of para-hydroxylation sites is 4. The highest BCUT2D eigenvalue weighted by Crippen LogP contribution is 2.40. The minimum Gasteiger partial charge on any atom is -0.455 e. The summed E-state index contributed by atoms with van der Waals surface area (Å²) >= 11 is 0. The molecule has 0 aliphatic rings. The Morgan fingerprint density at radius 3 is 1.25 bits per heavy atom. The largest absolute Gasteiger partial charge is 0.455 e. The molecule has 0 radical (unpaired) electrons. The second kappa shape index (κ2) is 10.9. The van der Waals surface area contributed by atoms with Crippen LogP contribution in [0.1, 0.15) is 11.1 Å². The van der Waals surface area contributed by atoms with Crippen LogP contribution in [0.4, 0.5) is 0 Å². The van der Waals surface area contributed by atoms with Gasteiger partial charge >= 0.3 is 0 Å². The molecule has 2 aromatic heterocycles. The fourth-order valence-corrected chi connectivity index (χ4v) is 6.90. The summed E-state index contributed by atoms with van der Waals surface area (Å²) in [5.41, 5.74) is 11.6. The summed E-state index contributed by atoms with van der Waals surface area (Å²) in [5, 5.41) is 24.7. The van der Waals surface area contributed by atoms with Crippen LogP contribution >= 0.6 is 0 Å². The van der Waals surface area contributed by atoms with Crippen LogP contribution in [0.5, 0.6) is 0 Å². The standard InChI is InChI=1S/C44H24N2O2/c45-25-31-23-29(18-20-33(31)37-12-6-14-39-35-10-1-3-16-41(35)47-43(37)39)27-8-5-9-28(22-27)30-19-21-34(32(24-30)26-46)38-13-7-15-40-36-11-2-4-17-42(36)48-44(38)40/h1-24H. The summed E-state index contributed by atoms with van der Waals surface area (Å²) in [6.45, 7) is 0. The fraction of sp³-hybridized carbons (Fsp3) is 0. The van der Waals surface area contributed by atoms with E-state index >= 15 is 0 Å². The Hall–Kier alpha value is -6.88. The van der Waals surface area contributed by atoms with E-state index in [-0.39, 0.29) is 0 Å². The molecule has 0 spiro atoms. The molecule has 0 aliphatic carbocycles. The summed E-state index contributed by atoms with van der Waals surface area (Å²) in [6.07, 6.45) is 0. The maximum absolute atomic E-state index is 10.3. The minimum atomic E-state index is 0.571. The van der Waals surface area contributed by atoms with Crippen molar-refractivity contribution in [3.05, 3.63) is 157 Å². The molecule has 4 heteroatoms. The van der Waals surface area contributed by atoms with Gasteiger partial charge in [-0.1, -0.05) is 115 Å². The Kier molecular flexibility index (Phi) is 6.22. The Morgan fingerprint density at radius 1 is 0.354 bits per heavy atom. The first-order chi connectivity index (χ1) is 23.7. The number of nitrogens with zero attached hydrogens (tertiary/aromatic N) is 2. The molecule has 0 unspecified atom stereocenters. The zero-order valence-corrected chi connectivity index (χ0v) is 25.6. The van der Waals surface area contributed by atoms with Gasteiger partial charge in [0.05, 0.1) is 23.3 Å². The van der Waals surface area contributed by atoms with Crippen molar-refractivity contribution in [3.63, 3.8) is 0 Å². The van der Waals surface area contributed by atoms with E-state index < -0.39 is 0 Å². The average Bonchev–Trinajstić information content (AvgIpc) is 3.73. The highest BCUT2D eigenvalue weighted by atomic mass is 16.3. The van der Waals surface area contributed by atoms with Crippen molar-refractivity contribution >= 4 is 43.9 Å². The average molecular weight is 613 g/mol. The second-order valence-corrected chi connectivity index (χ2v) is 11.9. The minimum absolute atomic E-state index is 0.571. The predicted molar refractivity (Wildman–Crippen MR) is 192 cm³/mol. The fourth-order valence-electron chi connectivity index (χ4n) is 6.90. The van der Waals surface area contributed by atoms with E-state index in [2.05, 4.69) is 54.6 Å². The zero-order valence-electron chi connectivity index (χ0n) is 25.6. The lowest BCUT2D eigenvalue weighted by molar-refractivity contribution is 0.669. The summed E-state index contributed by atoms with van der Waals surface area (Å²) in [5.74, 6) is 0. The van der Waals surface area contributed by atoms with Crippen molar-refractivity contribution in [3.8, 4) is 56.6 Å². The molecular formula is C44H24N2O2. The lowest BCUT2D eigenvalue weighted by Crippen LogP contribution is -1.89. The smallest absolute Gasteiger partial charge is 0.143 e. The van der Waals surface area contributed by atoms with Gasteiger partial charge < -0.3 is 8.83 Å². The first kappa shape index (κ1) is 27.4. The third-order valence-corrected chi connectivity index (χ3v) is 9.20. The normalized spacial score (nSPS) is 11.3. The second-order valence-electron chi connectivity index (χ2n) is 11.9. The highest BCUT2D eigenvalue weighted by Gasteiger charge is 2.17. The van der Waals surface area contributed by atoms with Gasteiger partial charge in [0, 0.05) is 43.8 Å². The Bertz CT molecular complexity index is 2630. The van der Waals surface area contributed by atoms with Gasteiger partial charge in [-0.05, 0) is 52.6 Å². The maximum Gasteiger partial charge on any atom is 0.143 e. The van der Waals surface area contributed by atoms with Crippen LogP contribution in [-0.2, 0) is 0 Å². The van der Waals surface area contributed by atoms with Crippen molar-refractivity contribution in [2.24, 2.45) is 0 Å². The summed E-state index contributed by atoms with van der Waals surface area (Å²) in [7, 11) is 0. The van der Waals surface area contributed by atoms with E-state index in [0.717, 1.165) is 88.4 Å². The SMILES string of the molecule is N#Cc1cc(-c2cccc(-c3ccc(-c4cccc5c4oc4ccccc45)c(C#N)c3)c2)ccc1-c1cccc2c1oc1ccccc12. The van der Waals surface area contributed by atoms with Crippen LogP contribution in [0, 0.1) is 22.7 Å². The van der Waals surface area contributed by atoms with E-state index in [4.69, 9.17) is 8.83 Å². The molecule has 222 valence electrons. The van der Waals surface area contributed by atoms with Gasteiger partial charge in [0.15, 0.2) is 0 Å². The number of hydrogen-bond acceptors (Lipinski definition) is 4.